The molecule has 1 heterocycles. The fourth-order valence-corrected chi connectivity index (χ4v) is 1.37. The number of hydrogen-bond donors (Lipinski definition) is 0. The van der Waals surface area contributed by atoms with Gasteiger partial charge in [-0.15, -0.1) is 5.10 Å². The molecule has 2 rings (SSSR count). The van der Waals surface area contributed by atoms with Crippen LogP contribution in [0.4, 0.5) is 4.39 Å². The van der Waals surface area contributed by atoms with Crippen LogP contribution in [0.5, 0.6) is 0 Å². The Bertz CT molecular complexity index is 596. The van der Waals surface area contributed by atoms with Crippen LogP contribution in [0.25, 0.3) is 11.5 Å². The van der Waals surface area contributed by atoms with Crippen molar-refractivity contribution in [2.75, 3.05) is 0 Å². The molecule has 0 amide bonds. The Morgan fingerprint density at radius 3 is 2.71 bits per heavy atom. The molecule has 0 N–H and O–H groups in total. The molecular formula is C12H11FN2O2. The fourth-order valence-electron chi connectivity index (χ4n) is 1.37. The molecule has 0 aliphatic heterocycles. The van der Waals surface area contributed by atoms with Gasteiger partial charge in [-0.3, -0.25) is 0 Å². The zero-order chi connectivity index (χ0) is 12.4. The highest BCUT2D eigenvalue weighted by atomic mass is 19.1. The molecule has 0 unspecified atom stereocenters. The van der Waals surface area contributed by atoms with Gasteiger partial charge in [0.05, 0.1) is 6.54 Å². The molecule has 0 atom stereocenters. The summed E-state index contributed by atoms with van der Waals surface area (Å²) in [5.41, 5.74) is 1.36. The summed E-state index contributed by atoms with van der Waals surface area (Å²) in [5, 5.41) is 4.00. The molecule has 17 heavy (non-hydrogen) atoms. The molecule has 0 spiro atoms. The number of nitrogens with zero attached hydrogens (tertiary/aromatic N) is 2. The maximum atomic E-state index is 12.7. The largest absolute Gasteiger partial charge is 0.437 e. The van der Waals surface area contributed by atoms with Crippen molar-refractivity contribution in [3.63, 3.8) is 0 Å². The minimum atomic E-state index is -0.549. The first kappa shape index (κ1) is 11.3. The van der Waals surface area contributed by atoms with Crippen LogP contribution in [0.3, 0.4) is 0 Å². The predicted octanol–water partition coefficient (Wildman–Crippen LogP) is 2.22. The standard InChI is InChI=1S/C12H11FN2O2/c1-8(2)7-15-12(16)17-11(14-15)9-3-5-10(13)6-4-9/h3-6H,1,7H2,2H3. The van der Waals surface area contributed by atoms with Crippen molar-refractivity contribution < 1.29 is 8.81 Å². The van der Waals surface area contributed by atoms with E-state index < -0.39 is 5.76 Å². The summed E-state index contributed by atoms with van der Waals surface area (Å²) < 4.78 is 18.9. The van der Waals surface area contributed by atoms with Crippen LogP contribution in [-0.2, 0) is 6.54 Å². The second-order valence-corrected chi connectivity index (χ2v) is 3.79. The van der Waals surface area contributed by atoms with E-state index in [0.717, 1.165) is 5.57 Å². The lowest BCUT2D eigenvalue weighted by Gasteiger charge is -1.95. The first-order valence-electron chi connectivity index (χ1n) is 5.04. The number of aromatic nitrogens is 2. The van der Waals surface area contributed by atoms with Crippen molar-refractivity contribution in [3.05, 3.63) is 52.8 Å². The average Bonchev–Trinajstić information content (AvgIpc) is 2.60. The topological polar surface area (TPSA) is 48.0 Å². The normalized spacial score (nSPS) is 10.5. The summed E-state index contributed by atoms with van der Waals surface area (Å²) in [7, 11) is 0. The van der Waals surface area contributed by atoms with Crippen molar-refractivity contribution >= 4 is 0 Å². The maximum Gasteiger partial charge on any atom is 0.437 e. The van der Waals surface area contributed by atoms with Crippen molar-refractivity contribution in [1.82, 2.24) is 9.78 Å². The zero-order valence-electron chi connectivity index (χ0n) is 9.31. The third-order valence-electron chi connectivity index (χ3n) is 2.12. The molecule has 1 aromatic carbocycles. The number of rotatable bonds is 3. The van der Waals surface area contributed by atoms with Crippen LogP contribution >= 0.6 is 0 Å². The minimum absolute atomic E-state index is 0.177. The monoisotopic (exact) mass is 234 g/mol. The number of hydrogen-bond acceptors (Lipinski definition) is 3. The SMILES string of the molecule is C=C(C)Cn1nc(-c2ccc(F)cc2)oc1=O. The molecule has 0 fully saturated rings. The molecule has 5 heteroatoms. The molecule has 0 aliphatic rings. The molecule has 0 aliphatic carbocycles. The Kier molecular flexibility index (Phi) is 2.91. The smallest absolute Gasteiger partial charge is 0.388 e. The molecule has 1 aromatic heterocycles. The predicted molar refractivity (Wildman–Crippen MR) is 61.0 cm³/mol. The summed E-state index contributed by atoms with van der Waals surface area (Å²) in [4.78, 5) is 11.4. The van der Waals surface area contributed by atoms with Gasteiger partial charge in [0.25, 0.3) is 0 Å². The molecule has 0 radical (unpaired) electrons. The van der Waals surface area contributed by atoms with E-state index in [0.29, 0.717) is 12.1 Å². The fraction of sp³-hybridized carbons (Fsp3) is 0.167. The van der Waals surface area contributed by atoms with E-state index in [1.165, 1.54) is 28.9 Å². The van der Waals surface area contributed by atoms with Gasteiger partial charge >= 0.3 is 5.76 Å². The highest BCUT2D eigenvalue weighted by Gasteiger charge is 2.09. The quantitative estimate of drug-likeness (QED) is 0.765. The van der Waals surface area contributed by atoms with E-state index in [1.807, 2.05) is 0 Å². The van der Waals surface area contributed by atoms with Gasteiger partial charge in [0, 0.05) is 5.56 Å². The molecule has 88 valence electrons. The lowest BCUT2D eigenvalue weighted by Crippen LogP contribution is -2.16. The van der Waals surface area contributed by atoms with Gasteiger partial charge in [0.2, 0.25) is 5.89 Å². The molecule has 0 saturated heterocycles. The van der Waals surface area contributed by atoms with Crippen LogP contribution in [-0.4, -0.2) is 9.78 Å². The number of allylic oxidation sites excluding steroid dienone is 1. The minimum Gasteiger partial charge on any atom is -0.388 e. The van der Waals surface area contributed by atoms with E-state index in [9.17, 15) is 9.18 Å². The summed E-state index contributed by atoms with van der Waals surface area (Å²) in [6.45, 7) is 5.79. The first-order chi connectivity index (χ1) is 8.06. The third-order valence-corrected chi connectivity index (χ3v) is 2.12. The van der Waals surface area contributed by atoms with E-state index in [4.69, 9.17) is 4.42 Å². The maximum absolute atomic E-state index is 12.7. The highest BCUT2D eigenvalue weighted by molar-refractivity contribution is 5.51. The molecular weight excluding hydrogens is 223 g/mol. The summed E-state index contributed by atoms with van der Waals surface area (Å²) in [6.07, 6.45) is 0. The Morgan fingerprint density at radius 2 is 2.12 bits per heavy atom. The van der Waals surface area contributed by atoms with E-state index in [-0.39, 0.29) is 11.7 Å². The molecule has 0 saturated carbocycles. The van der Waals surface area contributed by atoms with Gasteiger partial charge in [-0.2, -0.15) is 4.68 Å². The van der Waals surface area contributed by atoms with Crippen molar-refractivity contribution in [1.29, 1.82) is 0 Å². The molecule has 4 nitrogen and oxygen atoms in total. The lowest BCUT2D eigenvalue weighted by atomic mass is 10.2. The summed E-state index contributed by atoms with van der Waals surface area (Å²) >= 11 is 0. The van der Waals surface area contributed by atoms with Gasteiger partial charge in [0.15, 0.2) is 0 Å². The Labute approximate surface area is 97.0 Å². The Morgan fingerprint density at radius 1 is 1.47 bits per heavy atom. The van der Waals surface area contributed by atoms with Crippen LogP contribution in [0.15, 0.2) is 45.6 Å². The van der Waals surface area contributed by atoms with Gasteiger partial charge in [-0.1, -0.05) is 12.2 Å². The van der Waals surface area contributed by atoms with Crippen LogP contribution in [0.2, 0.25) is 0 Å². The van der Waals surface area contributed by atoms with Crippen molar-refractivity contribution in [2.24, 2.45) is 0 Å². The van der Waals surface area contributed by atoms with Gasteiger partial charge in [-0.05, 0) is 31.2 Å². The van der Waals surface area contributed by atoms with E-state index in [1.54, 1.807) is 6.92 Å². The van der Waals surface area contributed by atoms with E-state index >= 15 is 0 Å². The first-order valence-corrected chi connectivity index (χ1v) is 5.04. The number of benzene rings is 1. The summed E-state index contributed by atoms with van der Waals surface area (Å²) in [5.74, 6) is -0.721. The van der Waals surface area contributed by atoms with E-state index in [2.05, 4.69) is 11.7 Å². The number of halogens is 1. The van der Waals surface area contributed by atoms with Gasteiger partial charge < -0.3 is 4.42 Å². The lowest BCUT2D eigenvalue weighted by molar-refractivity contribution is 0.494. The second-order valence-electron chi connectivity index (χ2n) is 3.79. The molecule has 2 aromatic rings. The highest BCUT2D eigenvalue weighted by Crippen LogP contribution is 2.15. The Balaban J connectivity index is 2.37. The average molecular weight is 234 g/mol. The van der Waals surface area contributed by atoms with Gasteiger partial charge in [-0.25, -0.2) is 9.18 Å². The van der Waals surface area contributed by atoms with Crippen molar-refractivity contribution in [2.45, 2.75) is 13.5 Å². The van der Waals surface area contributed by atoms with Crippen molar-refractivity contribution in [3.8, 4) is 11.5 Å². The van der Waals surface area contributed by atoms with Gasteiger partial charge in [0.1, 0.15) is 5.82 Å². The summed E-state index contributed by atoms with van der Waals surface area (Å²) in [6, 6.07) is 5.58. The zero-order valence-corrected chi connectivity index (χ0v) is 9.31. The second kappa shape index (κ2) is 4.37. The van der Waals surface area contributed by atoms with Crippen LogP contribution in [0.1, 0.15) is 6.92 Å². The Hall–Kier alpha value is -2.17. The third kappa shape index (κ3) is 2.50. The van der Waals surface area contributed by atoms with Crippen LogP contribution < -0.4 is 5.76 Å². The van der Waals surface area contributed by atoms with Crippen LogP contribution in [0, 0.1) is 5.82 Å². The molecule has 0 bridgehead atoms.